The number of anilines is 1. The molecule has 0 radical (unpaired) electrons. The molecule has 0 unspecified atom stereocenters. The number of carbonyl (C=O) groups is 3. The van der Waals surface area contributed by atoms with Crippen LogP contribution in [0.1, 0.15) is 18.1 Å². The number of imide groups is 1. The number of nitrogens with one attached hydrogen (secondary N) is 1. The number of thioether (sulfide) groups is 1. The summed E-state index contributed by atoms with van der Waals surface area (Å²) in [6.45, 7) is 2.05. The quantitative estimate of drug-likeness (QED) is 0.297. The highest BCUT2D eigenvalue weighted by atomic mass is 35.5. The molecule has 1 fully saturated rings. The number of benzene rings is 3. The average molecular weight is 557 g/mol. The first-order valence-electron chi connectivity index (χ1n) is 11.3. The fourth-order valence-electron chi connectivity index (χ4n) is 3.46. The summed E-state index contributed by atoms with van der Waals surface area (Å²) in [5.74, 6) is -0.271. The van der Waals surface area contributed by atoms with Crippen LogP contribution >= 0.6 is 35.0 Å². The van der Waals surface area contributed by atoms with Gasteiger partial charge in [0.2, 0.25) is 5.91 Å². The zero-order chi connectivity index (χ0) is 26.4. The molecule has 1 heterocycles. The van der Waals surface area contributed by atoms with Gasteiger partial charge in [0.05, 0.1) is 16.5 Å². The van der Waals surface area contributed by atoms with Gasteiger partial charge in [-0.3, -0.25) is 19.3 Å². The molecular formula is C27H22Cl2N2O5S. The highest BCUT2D eigenvalue weighted by Crippen LogP contribution is 2.39. The summed E-state index contributed by atoms with van der Waals surface area (Å²) in [6, 6.07) is 19.3. The molecule has 0 spiro atoms. The van der Waals surface area contributed by atoms with Crippen molar-refractivity contribution in [1.82, 2.24) is 4.90 Å². The van der Waals surface area contributed by atoms with Crippen molar-refractivity contribution in [2.24, 2.45) is 0 Å². The van der Waals surface area contributed by atoms with Crippen LogP contribution in [-0.4, -0.2) is 35.1 Å². The Bertz CT molecular complexity index is 1350. The summed E-state index contributed by atoms with van der Waals surface area (Å²) in [5.41, 5.74) is 2.02. The third-order valence-corrected chi connectivity index (χ3v) is 6.60. The Balaban J connectivity index is 1.49. The van der Waals surface area contributed by atoms with E-state index in [9.17, 15) is 14.4 Å². The second kappa shape index (κ2) is 12.2. The van der Waals surface area contributed by atoms with E-state index >= 15 is 0 Å². The predicted octanol–water partition coefficient (Wildman–Crippen LogP) is 6.65. The van der Waals surface area contributed by atoms with Gasteiger partial charge in [0, 0.05) is 10.7 Å². The van der Waals surface area contributed by atoms with E-state index in [1.807, 2.05) is 25.1 Å². The Hall–Kier alpha value is -3.46. The van der Waals surface area contributed by atoms with Gasteiger partial charge in [-0.2, -0.15) is 0 Å². The van der Waals surface area contributed by atoms with Gasteiger partial charge in [-0.05, 0) is 72.3 Å². The van der Waals surface area contributed by atoms with Crippen molar-refractivity contribution < 1.29 is 23.9 Å². The molecule has 10 heteroatoms. The minimum absolute atomic E-state index is 0.172. The fraction of sp³-hybridized carbons (Fsp3) is 0.148. The van der Waals surface area contributed by atoms with E-state index < -0.39 is 17.1 Å². The van der Waals surface area contributed by atoms with Crippen molar-refractivity contribution in [2.45, 2.75) is 13.5 Å². The van der Waals surface area contributed by atoms with E-state index in [-0.39, 0.29) is 23.1 Å². The smallest absolute Gasteiger partial charge is 0.294 e. The van der Waals surface area contributed by atoms with Crippen molar-refractivity contribution in [3.8, 4) is 11.5 Å². The standard InChI is InChI=1S/C27H22Cl2N2O5S/c1-2-35-22-13-18(12-21(29)25(22)36-16-17-8-10-19(28)11-9-17)14-23-26(33)31(27(34)37-23)15-24(32)30-20-6-4-3-5-7-20/h3-14H,2,15-16H2,1H3,(H,30,32)/b23-14-. The van der Waals surface area contributed by atoms with Crippen LogP contribution in [0, 0.1) is 0 Å². The van der Waals surface area contributed by atoms with Gasteiger partial charge >= 0.3 is 0 Å². The van der Waals surface area contributed by atoms with Gasteiger partial charge in [0.15, 0.2) is 11.5 Å². The fourth-order valence-corrected chi connectivity index (χ4v) is 4.70. The van der Waals surface area contributed by atoms with Crippen LogP contribution in [0.4, 0.5) is 10.5 Å². The largest absolute Gasteiger partial charge is 0.490 e. The van der Waals surface area contributed by atoms with Crippen molar-refractivity contribution >= 4 is 63.8 Å². The molecule has 0 aromatic heterocycles. The first-order chi connectivity index (χ1) is 17.8. The molecule has 7 nitrogen and oxygen atoms in total. The molecule has 1 saturated heterocycles. The molecule has 3 aromatic carbocycles. The molecule has 37 heavy (non-hydrogen) atoms. The number of hydrogen-bond acceptors (Lipinski definition) is 6. The Morgan fingerprint density at radius 3 is 2.46 bits per heavy atom. The Morgan fingerprint density at radius 2 is 1.76 bits per heavy atom. The van der Waals surface area contributed by atoms with Crippen LogP contribution in [0.25, 0.3) is 6.08 Å². The zero-order valence-electron chi connectivity index (χ0n) is 19.7. The lowest BCUT2D eigenvalue weighted by Crippen LogP contribution is -2.36. The van der Waals surface area contributed by atoms with Crippen LogP contribution in [0.3, 0.4) is 0 Å². The van der Waals surface area contributed by atoms with Gasteiger partial charge in [-0.25, -0.2) is 0 Å². The number of ether oxygens (including phenoxy) is 2. The van der Waals surface area contributed by atoms with Crippen LogP contribution in [0.5, 0.6) is 11.5 Å². The van der Waals surface area contributed by atoms with Crippen LogP contribution in [-0.2, 0) is 16.2 Å². The average Bonchev–Trinajstić information content (AvgIpc) is 3.12. The van der Waals surface area contributed by atoms with E-state index in [0.717, 1.165) is 22.2 Å². The predicted molar refractivity (Wildman–Crippen MR) is 146 cm³/mol. The van der Waals surface area contributed by atoms with E-state index in [1.165, 1.54) is 6.08 Å². The van der Waals surface area contributed by atoms with Crippen molar-refractivity contribution in [3.63, 3.8) is 0 Å². The normalized spacial score (nSPS) is 14.2. The monoisotopic (exact) mass is 556 g/mol. The van der Waals surface area contributed by atoms with Crippen LogP contribution in [0.2, 0.25) is 10.0 Å². The lowest BCUT2D eigenvalue weighted by Gasteiger charge is -2.15. The maximum atomic E-state index is 12.9. The van der Waals surface area contributed by atoms with Gasteiger partial charge < -0.3 is 14.8 Å². The number of halogens is 2. The van der Waals surface area contributed by atoms with Crippen LogP contribution < -0.4 is 14.8 Å². The maximum absolute atomic E-state index is 12.9. The second-order valence-corrected chi connectivity index (χ2v) is 9.70. The molecule has 1 aliphatic rings. The summed E-state index contributed by atoms with van der Waals surface area (Å²) in [7, 11) is 0. The summed E-state index contributed by atoms with van der Waals surface area (Å²) in [5, 5.41) is 3.05. The summed E-state index contributed by atoms with van der Waals surface area (Å²) >= 11 is 13.2. The maximum Gasteiger partial charge on any atom is 0.294 e. The molecule has 3 aromatic rings. The van der Waals surface area contributed by atoms with E-state index in [2.05, 4.69) is 5.32 Å². The lowest BCUT2D eigenvalue weighted by molar-refractivity contribution is -0.127. The summed E-state index contributed by atoms with van der Waals surface area (Å²) < 4.78 is 11.6. The van der Waals surface area contributed by atoms with Crippen molar-refractivity contribution in [1.29, 1.82) is 0 Å². The molecule has 3 amide bonds. The highest BCUT2D eigenvalue weighted by Gasteiger charge is 2.36. The molecule has 0 atom stereocenters. The van der Waals surface area contributed by atoms with Gasteiger partial charge in [-0.1, -0.05) is 53.5 Å². The van der Waals surface area contributed by atoms with Crippen molar-refractivity contribution in [2.75, 3.05) is 18.5 Å². The van der Waals surface area contributed by atoms with Crippen molar-refractivity contribution in [3.05, 3.63) is 92.8 Å². The van der Waals surface area contributed by atoms with Crippen LogP contribution in [0.15, 0.2) is 71.6 Å². The first kappa shape index (κ1) is 26.6. The minimum Gasteiger partial charge on any atom is -0.490 e. The summed E-state index contributed by atoms with van der Waals surface area (Å²) in [6.07, 6.45) is 1.54. The van der Waals surface area contributed by atoms with E-state index in [1.54, 1.807) is 48.5 Å². The zero-order valence-corrected chi connectivity index (χ0v) is 22.0. The van der Waals surface area contributed by atoms with Gasteiger partial charge in [-0.15, -0.1) is 0 Å². The molecule has 1 aliphatic heterocycles. The third-order valence-electron chi connectivity index (χ3n) is 5.16. The number of nitrogens with zero attached hydrogens (tertiary/aromatic N) is 1. The molecule has 0 aliphatic carbocycles. The summed E-state index contributed by atoms with van der Waals surface area (Å²) in [4.78, 5) is 38.8. The second-order valence-electron chi connectivity index (χ2n) is 7.86. The minimum atomic E-state index is -0.560. The number of rotatable bonds is 9. The Morgan fingerprint density at radius 1 is 1.03 bits per heavy atom. The van der Waals surface area contributed by atoms with Gasteiger partial charge in [0.25, 0.3) is 11.1 Å². The Kier molecular flexibility index (Phi) is 8.76. The van der Waals surface area contributed by atoms with E-state index in [4.69, 9.17) is 32.7 Å². The molecular weight excluding hydrogens is 535 g/mol. The highest BCUT2D eigenvalue weighted by molar-refractivity contribution is 8.18. The number of amides is 3. The number of carbonyl (C=O) groups excluding carboxylic acids is 3. The Labute approximate surface area is 228 Å². The molecule has 0 saturated carbocycles. The topological polar surface area (TPSA) is 84.9 Å². The van der Waals surface area contributed by atoms with Gasteiger partial charge in [0.1, 0.15) is 13.2 Å². The molecule has 0 bridgehead atoms. The number of hydrogen-bond donors (Lipinski definition) is 1. The molecule has 190 valence electrons. The number of para-hydroxylation sites is 1. The lowest BCUT2D eigenvalue weighted by atomic mass is 10.1. The van der Waals surface area contributed by atoms with E-state index in [0.29, 0.717) is 34.4 Å². The third kappa shape index (κ3) is 6.85. The molecule has 4 rings (SSSR count). The first-order valence-corrected chi connectivity index (χ1v) is 12.8. The molecule has 1 N–H and O–H groups in total. The SMILES string of the molecule is CCOc1cc(/C=C2\SC(=O)N(CC(=O)Nc3ccccc3)C2=O)cc(Cl)c1OCc1ccc(Cl)cc1.